The highest BCUT2D eigenvalue weighted by atomic mass is 16.4. The summed E-state index contributed by atoms with van der Waals surface area (Å²) in [5, 5.41) is 38.0. The molecule has 0 atom stereocenters. The fourth-order valence-electron chi connectivity index (χ4n) is 4.40. The van der Waals surface area contributed by atoms with E-state index in [9.17, 15) is 20.1 Å². The Morgan fingerprint density at radius 3 is 0.810 bits per heavy atom. The maximum absolute atomic E-state index is 9.49. The van der Waals surface area contributed by atoms with Gasteiger partial charge in [0.25, 0.3) is 0 Å². The molecule has 4 heterocycles. The Morgan fingerprint density at radius 1 is 0.357 bits per heavy atom. The van der Waals surface area contributed by atoms with Gasteiger partial charge in [-0.1, -0.05) is 48.5 Å². The molecule has 42 heavy (non-hydrogen) atoms. The summed E-state index contributed by atoms with van der Waals surface area (Å²) in [7, 11) is -3.03. The van der Waals surface area contributed by atoms with Gasteiger partial charge in [-0.15, -0.1) is 0 Å². The smallest absolute Gasteiger partial charge is 0.423 e. The van der Waals surface area contributed by atoms with Crippen LogP contribution in [0.15, 0.2) is 135 Å². The Labute approximate surface area is 244 Å². The van der Waals surface area contributed by atoms with Crippen LogP contribution in [0.25, 0.3) is 44.5 Å². The van der Waals surface area contributed by atoms with Crippen molar-refractivity contribution in [3.8, 4) is 44.5 Å². The van der Waals surface area contributed by atoms with Crippen LogP contribution in [-0.2, 0) is 0 Å². The summed E-state index contributed by atoms with van der Waals surface area (Å²) >= 11 is 0. The minimum Gasteiger partial charge on any atom is -0.423 e. The average Bonchev–Trinajstić information content (AvgIpc) is 3.06. The highest BCUT2D eigenvalue weighted by molar-refractivity contribution is 6.59. The van der Waals surface area contributed by atoms with Gasteiger partial charge in [0.2, 0.25) is 0 Å². The monoisotopic (exact) mass is 552 g/mol. The largest absolute Gasteiger partial charge is 0.488 e. The summed E-state index contributed by atoms with van der Waals surface area (Å²) < 4.78 is 0. The molecule has 0 aliphatic rings. The van der Waals surface area contributed by atoms with Crippen LogP contribution in [0, 0.1) is 0 Å². The predicted octanol–water partition coefficient (Wildman–Crippen LogP) is 2.98. The first-order chi connectivity index (χ1) is 20.5. The average molecular weight is 552 g/mol. The SMILES string of the molecule is OB(O)c1cc(-c2cccnc2)cc(-c2cccnc2)c1.OB(O)c1cc(-c2cccnc2)cc(-c2cccnc2)c1. The Kier molecular flexibility index (Phi) is 9.23. The van der Waals surface area contributed by atoms with E-state index in [-0.39, 0.29) is 0 Å². The van der Waals surface area contributed by atoms with Crippen molar-refractivity contribution in [1.29, 1.82) is 0 Å². The maximum Gasteiger partial charge on any atom is 0.488 e. The number of rotatable bonds is 6. The molecule has 0 aliphatic heterocycles. The number of nitrogens with zero attached hydrogens (tertiary/aromatic N) is 4. The van der Waals surface area contributed by atoms with Gasteiger partial charge < -0.3 is 20.1 Å². The van der Waals surface area contributed by atoms with Gasteiger partial charge in [-0.25, -0.2) is 0 Å². The number of benzene rings is 2. The van der Waals surface area contributed by atoms with Gasteiger partial charge in [-0.2, -0.15) is 0 Å². The molecule has 0 fully saturated rings. The molecule has 2 aromatic carbocycles. The zero-order valence-electron chi connectivity index (χ0n) is 22.4. The lowest BCUT2D eigenvalue weighted by Crippen LogP contribution is -2.29. The van der Waals surface area contributed by atoms with Crippen molar-refractivity contribution < 1.29 is 20.1 Å². The first-order valence-corrected chi connectivity index (χ1v) is 13.1. The molecule has 6 aromatic rings. The lowest BCUT2D eigenvalue weighted by Gasteiger charge is -2.09. The molecule has 0 saturated heterocycles. The number of hydrogen-bond donors (Lipinski definition) is 4. The number of hydrogen-bond acceptors (Lipinski definition) is 8. The molecule has 4 N–H and O–H groups in total. The minimum atomic E-state index is -1.52. The topological polar surface area (TPSA) is 132 Å². The molecule has 0 spiro atoms. The van der Waals surface area contributed by atoms with Crippen LogP contribution in [0.3, 0.4) is 0 Å². The lowest BCUT2D eigenvalue weighted by atomic mass is 9.77. The molecule has 204 valence electrons. The maximum atomic E-state index is 9.49. The van der Waals surface area contributed by atoms with Gasteiger partial charge in [0.15, 0.2) is 0 Å². The van der Waals surface area contributed by atoms with E-state index in [0.717, 1.165) is 44.5 Å². The quantitative estimate of drug-likeness (QED) is 0.232. The van der Waals surface area contributed by atoms with Crippen LogP contribution in [-0.4, -0.2) is 54.3 Å². The molecular formula is C32H26B2N4O4. The summed E-state index contributed by atoms with van der Waals surface area (Å²) in [4.78, 5) is 16.4. The molecular weight excluding hydrogens is 526 g/mol. The second kappa shape index (κ2) is 13.6. The molecule has 0 bridgehead atoms. The fourth-order valence-corrected chi connectivity index (χ4v) is 4.40. The highest BCUT2D eigenvalue weighted by Gasteiger charge is 2.16. The third-order valence-electron chi connectivity index (χ3n) is 6.49. The molecule has 0 amide bonds. The summed E-state index contributed by atoms with van der Waals surface area (Å²) in [6.07, 6.45) is 13.8. The zero-order chi connectivity index (χ0) is 29.3. The van der Waals surface area contributed by atoms with Crippen molar-refractivity contribution in [1.82, 2.24) is 19.9 Å². The third kappa shape index (κ3) is 7.20. The van der Waals surface area contributed by atoms with E-state index in [2.05, 4.69) is 19.9 Å². The molecule has 8 nitrogen and oxygen atoms in total. The molecule has 4 aromatic heterocycles. The predicted molar refractivity (Wildman–Crippen MR) is 165 cm³/mol. The van der Waals surface area contributed by atoms with E-state index in [1.807, 2.05) is 60.7 Å². The van der Waals surface area contributed by atoms with Crippen molar-refractivity contribution in [2.45, 2.75) is 0 Å². The zero-order valence-corrected chi connectivity index (χ0v) is 22.4. The normalized spacial score (nSPS) is 10.4. The summed E-state index contributed by atoms with van der Waals surface area (Å²) in [5.41, 5.74) is 8.09. The van der Waals surface area contributed by atoms with Crippen LogP contribution in [0.4, 0.5) is 0 Å². The van der Waals surface area contributed by atoms with Crippen molar-refractivity contribution in [2.75, 3.05) is 0 Å². The Bertz CT molecular complexity index is 1480. The number of aromatic nitrogens is 4. The van der Waals surface area contributed by atoms with Crippen LogP contribution < -0.4 is 10.9 Å². The third-order valence-corrected chi connectivity index (χ3v) is 6.49. The lowest BCUT2D eigenvalue weighted by molar-refractivity contribution is 0.424. The highest BCUT2D eigenvalue weighted by Crippen LogP contribution is 2.26. The Hall–Kier alpha value is -4.99. The summed E-state index contributed by atoms with van der Waals surface area (Å²) in [6, 6.07) is 26.1. The van der Waals surface area contributed by atoms with Gasteiger partial charge in [0, 0.05) is 49.6 Å². The number of pyridine rings is 4. The van der Waals surface area contributed by atoms with E-state index in [1.54, 1.807) is 73.8 Å². The fraction of sp³-hybridized carbons (Fsp3) is 0. The van der Waals surface area contributed by atoms with Crippen molar-refractivity contribution in [3.63, 3.8) is 0 Å². The van der Waals surface area contributed by atoms with Crippen molar-refractivity contribution in [2.24, 2.45) is 0 Å². The second-order valence-electron chi connectivity index (χ2n) is 9.40. The Morgan fingerprint density at radius 2 is 0.619 bits per heavy atom. The van der Waals surface area contributed by atoms with E-state index in [1.165, 1.54) is 0 Å². The van der Waals surface area contributed by atoms with E-state index in [0.29, 0.717) is 10.9 Å². The van der Waals surface area contributed by atoms with Gasteiger partial charge in [0.1, 0.15) is 0 Å². The molecule has 0 aliphatic carbocycles. The van der Waals surface area contributed by atoms with Gasteiger partial charge in [-0.05, 0) is 91.8 Å². The van der Waals surface area contributed by atoms with Crippen LogP contribution in [0.1, 0.15) is 0 Å². The van der Waals surface area contributed by atoms with Crippen LogP contribution in [0.2, 0.25) is 0 Å². The molecule has 0 saturated carbocycles. The van der Waals surface area contributed by atoms with Gasteiger partial charge in [-0.3, -0.25) is 19.9 Å². The van der Waals surface area contributed by atoms with E-state index >= 15 is 0 Å². The first-order valence-electron chi connectivity index (χ1n) is 13.1. The Balaban J connectivity index is 0.000000168. The van der Waals surface area contributed by atoms with Crippen molar-refractivity contribution >= 4 is 25.2 Å². The molecule has 6 rings (SSSR count). The summed E-state index contributed by atoms with van der Waals surface area (Å²) in [5.74, 6) is 0. The van der Waals surface area contributed by atoms with E-state index < -0.39 is 14.2 Å². The van der Waals surface area contributed by atoms with Crippen molar-refractivity contribution in [3.05, 3.63) is 135 Å². The van der Waals surface area contributed by atoms with Crippen LogP contribution in [0.5, 0.6) is 0 Å². The second-order valence-corrected chi connectivity index (χ2v) is 9.40. The first kappa shape index (κ1) is 28.5. The van der Waals surface area contributed by atoms with E-state index in [4.69, 9.17) is 0 Å². The van der Waals surface area contributed by atoms with Gasteiger partial charge >= 0.3 is 14.2 Å². The summed E-state index contributed by atoms with van der Waals surface area (Å²) in [6.45, 7) is 0. The van der Waals surface area contributed by atoms with Crippen LogP contribution >= 0.6 is 0 Å². The molecule has 10 heteroatoms. The minimum absolute atomic E-state index is 0.440. The van der Waals surface area contributed by atoms with Gasteiger partial charge in [0.05, 0.1) is 0 Å². The molecule has 0 unspecified atom stereocenters. The standard InChI is InChI=1S/2C16H13BN2O2/c2*20-17(21)16-8-14(12-3-1-5-18-10-12)7-15(9-16)13-4-2-6-19-11-13/h2*1-11,20-21H. The molecule has 0 radical (unpaired) electrons.